The molecule has 0 aliphatic heterocycles. The summed E-state index contributed by atoms with van der Waals surface area (Å²) in [6.07, 6.45) is 4.93. The monoisotopic (exact) mass is 338 g/mol. The predicted molar refractivity (Wildman–Crippen MR) is 93.8 cm³/mol. The zero-order valence-electron chi connectivity index (χ0n) is 13.7. The van der Waals surface area contributed by atoms with Crippen molar-refractivity contribution in [3.05, 3.63) is 60.7 Å². The zero-order chi connectivity index (χ0) is 17.5. The molecule has 3 aromatic rings. The van der Waals surface area contributed by atoms with Crippen LogP contribution < -0.4 is 10.9 Å². The summed E-state index contributed by atoms with van der Waals surface area (Å²) in [5, 5.41) is 0. The molecule has 3 rings (SSSR count). The Kier molecular flexibility index (Phi) is 5.26. The Morgan fingerprint density at radius 1 is 1.20 bits per heavy atom. The van der Waals surface area contributed by atoms with Gasteiger partial charge in [-0.3, -0.25) is 15.6 Å². The van der Waals surface area contributed by atoms with Gasteiger partial charge in [0.05, 0.1) is 24.9 Å². The molecule has 2 heterocycles. The first-order valence-corrected chi connectivity index (χ1v) is 7.86. The van der Waals surface area contributed by atoms with Crippen LogP contribution in [0, 0.1) is 0 Å². The Morgan fingerprint density at radius 2 is 2.04 bits per heavy atom. The number of hydrogen-bond acceptors (Lipinski definition) is 7. The molecule has 7 nitrogen and oxygen atoms in total. The van der Waals surface area contributed by atoms with Crippen molar-refractivity contribution in [3.63, 3.8) is 0 Å². The van der Waals surface area contributed by atoms with Crippen molar-refractivity contribution in [1.29, 1.82) is 0 Å². The zero-order valence-corrected chi connectivity index (χ0v) is 13.7. The standard InChI is InChI=1S/C18H18N4O3/c1-2-24-18(23)10-13-7-8-20-17(9-13)22-21-15-5-3-14(4-6-15)16-11-19-12-25-16/h3-9,11-12,21H,2,10H2,1H3,(H,20,22). The molecule has 128 valence electrons. The Morgan fingerprint density at radius 3 is 2.76 bits per heavy atom. The molecule has 0 aliphatic rings. The van der Waals surface area contributed by atoms with Gasteiger partial charge in [-0.1, -0.05) is 0 Å². The topological polar surface area (TPSA) is 89.3 Å². The summed E-state index contributed by atoms with van der Waals surface area (Å²) in [7, 11) is 0. The number of pyridine rings is 1. The molecule has 1 aromatic carbocycles. The van der Waals surface area contributed by atoms with E-state index >= 15 is 0 Å². The molecular formula is C18H18N4O3. The number of aromatic nitrogens is 2. The van der Waals surface area contributed by atoms with E-state index in [1.54, 1.807) is 31.5 Å². The highest BCUT2D eigenvalue weighted by Gasteiger charge is 2.05. The van der Waals surface area contributed by atoms with Crippen LogP contribution in [0.5, 0.6) is 0 Å². The lowest BCUT2D eigenvalue weighted by Crippen LogP contribution is -2.11. The van der Waals surface area contributed by atoms with E-state index in [2.05, 4.69) is 20.8 Å². The molecule has 0 amide bonds. The molecule has 0 radical (unpaired) electrons. The van der Waals surface area contributed by atoms with Gasteiger partial charge in [-0.05, 0) is 48.9 Å². The highest BCUT2D eigenvalue weighted by Crippen LogP contribution is 2.20. The Hall–Kier alpha value is -3.35. The normalized spacial score (nSPS) is 10.3. The third-order valence-electron chi connectivity index (χ3n) is 3.41. The molecule has 7 heteroatoms. The summed E-state index contributed by atoms with van der Waals surface area (Å²) >= 11 is 0. The van der Waals surface area contributed by atoms with Gasteiger partial charge < -0.3 is 9.15 Å². The van der Waals surface area contributed by atoms with E-state index in [4.69, 9.17) is 9.15 Å². The molecule has 0 bridgehead atoms. The first-order valence-electron chi connectivity index (χ1n) is 7.86. The van der Waals surface area contributed by atoms with Gasteiger partial charge in [0.25, 0.3) is 0 Å². The molecular weight excluding hydrogens is 320 g/mol. The summed E-state index contributed by atoms with van der Waals surface area (Å²) < 4.78 is 10.2. The molecule has 0 saturated heterocycles. The number of hydrogen-bond donors (Lipinski definition) is 2. The van der Waals surface area contributed by atoms with Crippen LogP contribution in [0.4, 0.5) is 11.5 Å². The molecule has 0 unspecified atom stereocenters. The van der Waals surface area contributed by atoms with E-state index in [1.165, 1.54) is 6.39 Å². The van der Waals surface area contributed by atoms with Gasteiger partial charge in [-0.15, -0.1) is 0 Å². The van der Waals surface area contributed by atoms with Crippen LogP contribution in [-0.4, -0.2) is 22.5 Å². The summed E-state index contributed by atoms with van der Waals surface area (Å²) in [6, 6.07) is 11.3. The Balaban J connectivity index is 1.59. The Bertz CT molecular complexity index is 817. The van der Waals surface area contributed by atoms with Crippen molar-refractivity contribution in [2.75, 3.05) is 17.5 Å². The number of rotatable bonds is 7. The largest absolute Gasteiger partial charge is 0.466 e. The number of carbonyl (C=O) groups excluding carboxylic acids is 1. The average Bonchev–Trinajstić information content (AvgIpc) is 3.16. The van der Waals surface area contributed by atoms with Crippen molar-refractivity contribution in [2.45, 2.75) is 13.3 Å². The van der Waals surface area contributed by atoms with Gasteiger partial charge in [0.2, 0.25) is 0 Å². The van der Waals surface area contributed by atoms with E-state index in [9.17, 15) is 4.79 Å². The van der Waals surface area contributed by atoms with Crippen LogP contribution in [0.15, 0.2) is 59.6 Å². The maximum Gasteiger partial charge on any atom is 0.310 e. The summed E-state index contributed by atoms with van der Waals surface area (Å²) in [4.78, 5) is 19.7. The van der Waals surface area contributed by atoms with E-state index in [1.807, 2.05) is 24.3 Å². The van der Waals surface area contributed by atoms with Crippen LogP contribution in [0.25, 0.3) is 11.3 Å². The number of nitrogens with one attached hydrogen (secondary N) is 2. The van der Waals surface area contributed by atoms with Gasteiger partial charge in [-0.2, -0.15) is 0 Å². The number of benzene rings is 1. The van der Waals surface area contributed by atoms with Crippen LogP contribution in [-0.2, 0) is 16.0 Å². The second kappa shape index (κ2) is 7.96. The fourth-order valence-electron chi connectivity index (χ4n) is 2.24. The fraction of sp³-hybridized carbons (Fsp3) is 0.167. The second-order valence-electron chi connectivity index (χ2n) is 5.22. The second-order valence-corrected chi connectivity index (χ2v) is 5.22. The van der Waals surface area contributed by atoms with Crippen LogP contribution >= 0.6 is 0 Å². The molecule has 0 atom stereocenters. The molecule has 25 heavy (non-hydrogen) atoms. The van der Waals surface area contributed by atoms with E-state index < -0.39 is 0 Å². The molecule has 0 fully saturated rings. The number of hydrazine groups is 1. The number of oxazole rings is 1. The van der Waals surface area contributed by atoms with E-state index in [0.717, 1.165) is 16.8 Å². The van der Waals surface area contributed by atoms with Gasteiger partial charge >= 0.3 is 5.97 Å². The Labute approximate surface area is 145 Å². The highest BCUT2D eigenvalue weighted by molar-refractivity contribution is 5.72. The minimum absolute atomic E-state index is 0.219. The molecule has 0 saturated carbocycles. The first-order chi connectivity index (χ1) is 12.2. The predicted octanol–water partition coefficient (Wildman–Crippen LogP) is 3.28. The summed E-state index contributed by atoms with van der Waals surface area (Å²) in [6.45, 7) is 2.16. The minimum Gasteiger partial charge on any atom is -0.466 e. The number of ether oxygens (including phenoxy) is 1. The number of anilines is 2. The fourth-order valence-corrected chi connectivity index (χ4v) is 2.24. The SMILES string of the molecule is CCOC(=O)Cc1ccnc(NNc2ccc(-c3cnco3)cc2)c1. The highest BCUT2D eigenvalue weighted by atomic mass is 16.5. The van der Waals surface area contributed by atoms with Crippen molar-refractivity contribution >= 4 is 17.5 Å². The summed E-state index contributed by atoms with van der Waals surface area (Å²) in [5.74, 6) is 1.07. The van der Waals surface area contributed by atoms with Gasteiger partial charge in [0.15, 0.2) is 12.2 Å². The van der Waals surface area contributed by atoms with Crippen molar-refractivity contribution in [1.82, 2.24) is 9.97 Å². The van der Waals surface area contributed by atoms with Gasteiger partial charge in [-0.25, -0.2) is 9.97 Å². The quantitative estimate of drug-likeness (QED) is 0.505. The lowest BCUT2D eigenvalue weighted by Gasteiger charge is -2.10. The van der Waals surface area contributed by atoms with E-state index in [-0.39, 0.29) is 12.4 Å². The molecule has 2 aromatic heterocycles. The van der Waals surface area contributed by atoms with Crippen LogP contribution in [0.1, 0.15) is 12.5 Å². The maximum atomic E-state index is 11.5. The van der Waals surface area contributed by atoms with E-state index in [0.29, 0.717) is 18.2 Å². The third kappa shape index (κ3) is 4.57. The number of nitrogens with zero attached hydrogens (tertiary/aromatic N) is 2. The molecule has 0 spiro atoms. The number of esters is 1. The van der Waals surface area contributed by atoms with Gasteiger partial charge in [0, 0.05) is 11.8 Å². The van der Waals surface area contributed by atoms with Crippen LogP contribution in [0.3, 0.4) is 0 Å². The maximum absolute atomic E-state index is 11.5. The van der Waals surface area contributed by atoms with Crippen LogP contribution in [0.2, 0.25) is 0 Å². The first kappa shape index (κ1) is 16.5. The molecule has 0 aliphatic carbocycles. The van der Waals surface area contributed by atoms with Crippen molar-refractivity contribution in [2.24, 2.45) is 0 Å². The lowest BCUT2D eigenvalue weighted by atomic mass is 10.2. The summed E-state index contributed by atoms with van der Waals surface area (Å²) in [5.41, 5.74) is 8.71. The van der Waals surface area contributed by atoms with Crippen molar-refractivity contribution in [3.8, 4) is 11.3 Å². The smallest absolute Gasteiger partial charge is 0.310 e. The van der Waals surface area contributed by atoms with Crippen molar-refractivity contribution < 1.29 is 13.9 Å². The van der Waals surface area contributed by atoms with Gasteiger partial charge in [0.1, 0.15) is 5.82 Å². The average molecular weight is 338 g/mol. The number of carbonyl (C=O) groups is 1. The lowest BCUT2D eigenvalue weighted by molar-refractivity contribution is -0.142. The third-order valence-corrected chi connectivity index (χ3v) is 3.41. The molecule has 2 N–H and O–H groups in total. The minimum atomic E-state index is -0.254.